The number of amides is 1. The Hall–Kier alpha value is -3.02. The van der Waals surface area contributed by atoms with Crippen molar-refractivity contribution < 1.29 is 24.2 Å². The lowest BCUT2D eigenvalue weighted by Gasteiger charge is -2.17. The van der Waals surface area contributed by atoms with Crippen molar-refractivity contribution >= 4 is 11.9 Å². The first-order chi connectivity index (χ1) is 11.5. The van der Waals surface area contributed by atoms with E-state index in [1.54, 1.807) is 42.5 Å². The number of aromatic hydroxyl groups is 1. The predicted molar refractivity (Wildman–Crippen MR) is 88.1 cm³/mol. The van der Waals surface area contributed by atoms with E-state index >= 15 is 0 Å². The molecule has 0 aromatic heterocycles. The van der Waals surface area contributed by atoms with E-state index in [0.29, 0.717) is 16.9 Å². The van der Waals surface area contributed by atoms with Crippen LogP contribution in [0.2, 0.25) is 0 Å². The Morgan fingerprint density at radius 2 is 1.83 bits per heavy atom. The molecule has 0 radical (unpaired) electrons. The number of esters is 1. The molecule has 0 spiro atoms. The highest BCUT2D eigenvalue weighted by Crippen LogP contribution is 2.26. The maximum Gasteiger partial charge on any atom is 0.328 e. The molecule has 1 atom stereocenters. The summed E-state index contributed by atoms with van der Waals surface area (Å²) in [5.74, 6) is -0.631. The monoisotopic (exact) mass is 329 g/mol. The standard InChI is InChI=1S/C18H19NO5/c1-23-16-9-8-12(11-15(16)20)10-14(18(22)24-2)19-17(21)13-6-4-3-5-7-13/h3-9,11,14,20H,10H2,1-2H3,(H,19,21)/t14-/m0/s1. The zero-order valence-corrected chi connectivity index (χ0v) is 13.5. The summed E-state index contributed by atoms with van der Waals surface area (Å²) in [6.07, 6.45) is 0.183. The zero-order chi connectivity index (χ0) is 17.5. The van der Waals surface area contributed by atoms with Crippen LogP contribution in [0.1, 0.15) is 15.9 Å². The van der Waals surface area contributed by atoms with Crippen LogP contribution in [0, 0.1) is 0 Å². The fourth-order valence-electron chi connectivity index (χ4n) is 2.26. The molecule has 126 valence electrons. The van der Waals surface area contributed by atoms with Crippen molar-refractivity contribution in [2.45, 2.75) is 12.5 Å². The van der Waals surface area contributed by atoms with Crippen LogP contribution in [0.3, 0.4) is 0 Å². The van der Waals surface area contributed by atoms with Gasteiger partial charge in [0.1, 0.15) is 6.04 Å². The molecule has 2 aromatic carbocycles. The highest BCUT2D eigenvalue weighted by atomic mass is 16.5. The van der Waals surface area contributed by atoms with E-state index in [1.807, 2.05) is 0 Å². The number of carbonyl (C=O) groups excluding carboxylic acids is 2. The van der Waals surface area contributed by atoms with Crippen LogP contribution in [0.4, 0.5) is 0 Å². The molecule has 2 N–H and O–H groups in total. The summed E-state index contributed by atoms with van der Waals surface area (Å²) in [5, 5.41) is 12.5. The predicted octanol–water partition coefficient (Wildman–Crippen LogP) is 1.91. The Morgan fingerprint density at radius 3 is 2.42 bits per heavy atom. The minimum Gasteiger partial charge on any atom is -0.504 e. The molecule has 0 aliphatic rings. The van der Waals surface area contributed by atoms with Crippen molar-refractivity contribution in [2.24, 2.45) is 0 Å². The molecule has 2 rings (SSSR count). The first kappa shape index (κ1) is 17.3. The van der Waals surface area contributed by atoms with Gasteiger partial charge >= 0.3 is 5.97 Å². The molecule has 0 saturated heterocycles. The quantitative estimate of drug-likeness (QED) is 0.791. The highest BCUT2D eigenvalue weighted by molar-refractivity contribution is 5.96. The Bertz CT molecular complexity index is 715. The van der Waals surface area contributed by atoms with Crippen LogP contribution in [0.25, 0.3) is 0 Å². The van der Waals surface area contributed by atoms with Crippen LogP contribution < -0.4 is 10.1 Å². The number of methoxy groups -OCH3 is 2. The summed E-state index contributed by atoms with van der Waals surface area (Å²) in [7, 11) is 2.71. The lowest BCUT2D eigenvalue weighted by molar-refractivity contribution is -0.142. The number of carbonyl (C=O) groups is 2. The number of hydrogen-bond donors (Lipinski definition) is 2. The van der Waals surface area contributed by atoms with Crippen LogP contribution >= 0.6 is 0 Å². The Morgan fingerprint density at radius 1 is 1.12 bits per heavy atom. The van der Waals surface area contributed by atoms with E-state index in [-0.39, 0.29) is 18.1 Å². The van der Waals surface area contributed by atoms with Gasteiger partial charge in [0.05, 0.1) is 14.2 Å². The molecule has 0 aliphatic heterocycles. The molecule has 6 heteroatoms. The van der Waals surface area contributed by atoms with Gasteiger partial charge in [-0.1, -0.05) is 24.3 Å². The Kier molecular flexibility index (Phi) is 5.78. The van der Waals surface area contributed by atoms with E-state index < -0.39 is 12.0 Å². The number of phenols is 1. The third-order valence-corrected chi connectivity index (χ3v) is 3.51. The molecule has 6 nitrogen and oxygen atoms in total. The van der Waals surface area contributed by atoms with Gasteiger partial charge in [0.15, 0.2) is 11.5 Å². The second-order valence-electron chi connectivity index (χ2n) is 5.13. The number of nitrogens with one attached hydrogen (secondary N) is 1. The zero-order valence-electron chi connectivity index (χ0n) is 13.5. The normalized spacial score (nSPS) is 11.4. The second kappa shape index (κ2) is 8.01. The van der Waals surface area contributed by atoms with Crippen LogP contribution in [-0.4, -0.2) is 37.2 Å². The molecule has 0 heterocycles. The average molecular weight is 329 g/mol. The number of ether oxygens (including phenoxy) is 2. The SMILES string of the molecule is COC(=O)[C@H](Cc1ccc(OC)c(O)c1)NC(=O)c1ccccc1. The van der Waals surface area contributed by atoms with Gasteiger partial charge in [-0.15, -0.1) is 0 Å². The van der Waals surface area contributed by atoms with Gasteiger partial charge in [-0.2, -0.15) is 0 Å². The molecular weight excluding hydrogens is 310 g/mol. The van der Waals surface area contributed by atoms with Gasteiger partial charge in [-0.25, -0.2) is 4.79 Å². The number of phenolic OH excluding ortho intramolecular Hbond substituents is 1. The molecule has 0 bridgehead atoms. The molecule has 1 amide bonds. The van der Waals surface area contributed by atoms with Crippen LogP contribution in [0.5, 0.6) is 11.5 Å². The van der Waals surface area contributed by atoms with Gasteiger partial charge < -0.3 is 19.9 Å². The second-order valence-corrected chi connectivity index (χ2v) is 5.13. The van der Waals surface area contributed by atoms with E-state index in [1.165, 1.54) is 20.3 Å². The molecular formula is C18H19NO5. The third kappa shape index (κ3) is 4.25. The summed E-state index contributed by atoms with van der Waals surface area (Å²) in [4.78, 5) is 24.2. The lowest BCUT2D eigenvalue weighted by Crippen LogP contribution is -2.43. The largest absolute Gasteiger partial charge is 0.504 e. The lowest BCUT2D eigenvalue weighted by atomic mass is 10.0. The smallest absolute Gasteiger partial charge is 0.328 e. The molecule has 0 saturated carbocycles. The molecule has 0 aliphatic carbocycles. The average Bonchev–Trinajstić information content (AvgIpc) is 2.61. The van der Waals surface area contributed by atoms with E-state index in [2.05, 4.69) is 5.32 Å². The Balaban J connectivity index is 2.15. The maximum absolute atomic E-state index is 12.2. The van der Waals surface area contributed by atoms with Gasteiger partial charge in [0, 0.05) is 12.0 Å². The van der Waals surface area contributed by atoms with Crippen molar-refractivity contribution in [3.63, 3.8) is 0 Å². The van der Waals surface area contributed by atoms with Crippen LogP contribution in [-0.2, 0) is 16.0 Å². The van der Waals surface area contributed by atoms with Crippen molar-refractivity contribution in [3.8, 4) is 11.5 Å². The molecule has 0 fully saturated rings. The van der Waals surface area contributed by atoms with Crippen molar-refractivity contribution in [2.75, 3.05) is 14.2 Å². The minimum absolute atomic E-state index is 0.0343. The maximum atomic E-state index is 12.2. The van der Waals surface area contributed by atoms with Gasteiger partial charge in [-0.3, -0.25) is 4.79 Å². The van der Waals surface area contributed by atoms with Crippen molar-refractivity contribution in [3.05, 3.63) is 59.7 Å². The number of rotatable bonds is 6. The fourth-order valence-corrected chi connectivity index (χ4v) is 2.26. The summed E-state index contributed by atoms with van der Waals surface area (Å²) >= 11 is 0. The first-order valence-electron chi connectivity index (χ1n) is 7.34. The molecule has 2 aromatic rings. The topological polar surface area (TPSA) is 84.9 Å². The Labute approximate surface area is 140 Å². The van der Waals surface area contributed by atoms with E-state index in [4.69, 9.17) is 9.47 Å². The minimum atomic E-state index is -0.865. The summed E-state index contributed by atoms with van der Waals surface area (Å²) in [6, 6.07) is 12.5. The third-order valence-electron chi connectivity index (χ3n) is 3.51. The van der Waals surface area contributed by atoms with Crippen molar-refractivity contribution in [1.29, 1.82) is 0 Å². The summed E-state index contributed by atoms with van der Waals surface area (Å²) in [5.41, 5.74) is 1.11. The molecule has 0 unspecified atom stereocenters. The van der Waals surface area contributed by atoms with Crippen LogP contribution in [0.15, 0.2) is 48.5 Å². The van der Waals surface area contributed by atoms with Crippen molar-refractivity contribution in [1.82, 2.24) is 5.32 Å². The number of hydrogen-bond acceptors (Lipinski definition) is 5. The molecule has 24 heavy (non-hydrogen) atoms. The number of benzene rings is 2. The van der Waals surface area contributed by atoms with E-state index in [9.17, 15) is 14.7 Å². The summed E-state index contributed by atoms with van der Waals surface area (Å²) < 4.78 is 9.74. The van der Waals surface area contributed by atoms with Gasteiger partial charge in [0.25, 0.3) is 5.91 Å². The fraction of sp³-hybridized carbons (Fsp3) is 0.222. The summed E-state index contributed by atoms with van der Waals surface area (Å²) in [6.45, 7) is 0. The van der Waals surface area contributed by atoms with E-state index in [0.717, 1.165) is 0 Å². The highest BCUT2D eigenvalue weighted by Gasteiger charge is 2.23. The first-order valence-corrected chi connectivity index (χ1v) is 7.34. The van der Waals surface area contributed by atoms with Gasteiger partial charge in [-0.05, 0) is 29.8 Å². The van der Waals surface area contributed by atoms with Gasteiger partial charge in [0.2, 0.25) is 0 Å².